The van der Waals surface area contributed by atoms with Crippen molar-refractivity contribution in [2.45, 2.75) is 19.9 Å². The average Bonchev–Trinajstić information content (AvgIpc) is 2.98. The van der Waals surface area contributed by atoms with Crippen LogP contribution in [0, 0.1) is 6.92 Å². The van der Waals surface area contributed by atoms with Gasteiger partial charge in [0, 0.05) is 16.0 Å². The third-order valence-corrected chi connectivity index (χ3v) is 5.31. The monoisotopic (exact) mass is 369 g/mol. The molecule has 0 aliphatic heterocycles. The molecule has 0 atom stereocenters. The SMILES string of the molecule is Cc1c(CC(=O)O)c2cc(O)c(Cl)cc2n1Cc1ccc(Cl)s1. The molecule has 1 aromatic carbocycles. The van der Waals surface area contributed by atoms with Crippen LogP contribution in [0.1, 0.15) is 16.1 Å². The maximum absolute atomic E-state index is 11.2. The molecule has 120 valence electrons. The Hall–Kier alpha value is -1.69. The first-order chi connectivity index (χ1) is 10.9. The Morgan fingerprint density at radius 1 is 1.30 bits per heavy atom. The lowest BCUT2D eigenvalue weighted by Gasteiger charge is -2.07. The van der Waals surface area contributed by atoms with E-state index < -0.39 is 5.97 Å². The second-order valence-electron chi connectivity index (χ2n) is 5.25. The zero-order valence-corrected chi connectivity index (χ0v) is 14.5. The van der Waals surface area contributed by atoms with Gasteiger partial charge in [0.2, 0.25) is 0 Å². The van der Waals surface area contributed by atoms with Crippen molar-refractivity contribution in [1.29, 1.82) is 0 Å². The summed E-state index contributed by atoms with van der Waals surface area (Å²) in [7, 11) is 0. The van der Waals surface area contributed by atoms with Crippen LogP contribution in [0.5, 0.6) is 5.75 Å². The molecule has 0 aliphatic rings. The lowest BCUT2D eigenvalue weighted by Crippen LogP contribution is -2.04. The number of phenols is 1. The van der Waals surface area contributed by atoms with Crippen LogP contribution in [0.15, 0.2) is 24.3 Å². The highest BCUT2D eigenvalue weighted by molar-refractivity contribution is 7.16. The van der Waals surface area contributed by atoms with Gasteiger partial charge >= 0.3 is 5.97 Å². The van der Waals surface area contributed by atoms with Crippen molar-refractivity contribution < 1.29 is 15.0 Å². The van der Waals surface area contributed by atoms with Gasteiger partial charge in [-0.15, -0.1) is 11.3 Å². The lowest BCUT2D eigenvalue weighted by atomic mass is 10.1. The topological polar surface area (TPSA) is 62.5 Å². The quantitative estimate of drug-likeness (QED) is 0.700. The van der Waals surface area contributed by atoms with Crippen LogP contribution >= 0.6 is 34.5 Å². The van der Waals surface area contributed by atoms with Crippen LogP contribution < -0.4 is 0 Å². The maximum atomic E-state index is 11.2. The number of aromatic hydroxyl groups is 1. The molecule has 0 saturated carbocycles. The summed E-state index contributed by atoms with van der Waals surface area (Å²) >= 11 is 13.5. The lowest BCUT2D eigenvalue weighted by molar-refractivity contribution is -0.136. The van der Waals surface area contributed by atoms with Gasteiger partial charge in [0.25, 0.3) is 0 Å². The first-order valence-electron chi connectivity index (χ1n) is 6.83. The van der Waals surface area contributed by atoms with Crippen molar-refractivity contribution in [3.8, 4) is 5.75 Å². The Bertz CT molecular complexity index is 914. The summed E-state index contributed by atoms with van der Waals surface area (Å²) in [5.74, 6) is -0.970. The number of halogens is 2. The number of carboxylic acids is 1. The van der Waals surface area contributed by atoms with Crippen LogP contribution in [0.2, 0.25) is 9.36 Å². The van der Waals surface area contributed by atoms with Crippen molar-refractivity contribution in [2.75, 3.05) is 0 Å². The molecule has 4 nitrogen and oxygen atoms in total. The minimum absolute atomic E-state index is 0.0536. The van der Waals surface area contributed by atoms with Gasteiger partial charge in [0.15, 0.2) is 0 Å². The highest BCUT2D eigenvalue weighted by atomic mass is 35.5. The van der Waals surface area contributed by atoms with Crippen LogP contribution in [0.4, 0.5) is 0 Å². The number of carboxylic acid groups (broad SMARTS) is 1. The summed E-state index contributed by atoms with van der Waals surface area (Å²) in [5, 5.41) is 20.0. The van der Waals surface area contributed by atoms with Crippen molar-refractivity contribution in [3.63, 3.8) is 0 Å². The summed E-state index contributed by atoms with van der Waals surface area (Å²) in [6.07, 6.45) is -0.110. The van der Waals surface area contributed by atoms with Gasteiger partial charge in [-0.25, -0.2) is 0 Å². The molecule has 0 unspecified atom stereocenters. The van der Waals surface area contributed by atoms with E-state index in [0.29, 0.717) is 21.8 Å². The number of phenolic OH excluding ortho intramolecular Hbond substituents is 1. The molecule has 2 N–H and O–H groups in total. The summed E-state index contributed by atoms with van der Waals surface area (Å²) in [6, 6.07) is 6.97. The first kappa shape index (κ1) is 16.2. The fraction of sp³-hybridized carbons (Fsp3) is 0.188. The average molecular weight is 370 g/mol. The maximum Gasteiger partial charge on any atom is 0.307 e. The Kier molecular flexibility index (Phi) is 4.27. The number of thiophene rings is 1. The van der Waals surface area contributed by atoms with E-state index in [9.17, 15) is 9.90 Å². The Morgan fingerprint density at radius 3 is 2.65 bits per heavy atom. The summed E-state index contributed by atoms with van der Waals surface area (Å²) in [5.41, 5.74) is 2.32. The van der Waals surface area contributed by atoms with Crippen LogP contribution in [-0.2, 0) is 17.8 Å². The fourth-order valence-electron chi connectivity index (χ4n) is 2.73. The number of carbonyl (C=O) groups is 1. The van der Waals surface area contributed by atoms with Crippen LogP contribution in [0.25, 0.3) is 10.9 Å². The van der Waals surface area contributed by atoms with E-state index in [1.54, 1.807) is 6.07 Å². The van der Waals surface area contributed by atoms with E-state index in [1.165, 1.54) is 17.4 Å². The molecule has 2 heterocycles. The molecule has 0 bridgehead atoms. The molecule has 7 heteroatoms. The molecular weight excluding hydrogens is 357 g/mol. The second kappa shape index (κ2) is 6.07. The predicted molar refractivity (Wildman–Crippen MR) is 93.1 cm³/mol. The summed E-state index contributed by atoms with van der Waals surface area (Å²) < 4.78 is 2.71. The number of benzene rings is 1. The number of hydrogen-bond acceptors (Lipinski definition) is 3. The number of aliphatic carboxylic acids is 1. The molecule has 0 radical (unpaired) electrons. The molecule has 0 aliphatic carbocycles. The molecule has 23 heavy (non-hydrogen) atoms. The second-order valence-corrected chi connectivity index (χ2v) is 7.45. The largest absolute Gasteiger partial charge is 0.506 e. The van der Waals surface area contributed by atoms with E-state index in [1.807, 2.05) is 23.6 Å². The molecule has 0 saturated heterocycles. The van der Waals surface area contributed by atoms with Gasteiger partial charge in [-0.2, -0.15) is 0 Å². The molecule has 2 aromatic heterocycles. The number of hydrogen-bond donors (Lipinski definition) is 2. The minimum Gasteiger partial charge on any atom is -0.506 e. The Balaban J connectivity index is 2.21. The number of rotatable bonds is 4. The highest BCUT2D eigenvalue weighted by Crippen LogP contribution is 2.35. The van der Waals surface area contributed by atoms with Crippen molar-refractivity contribution >= 4 is 51.4 Å². The third kappa shape index (κ3) is 3.04. The van der Waals surface area contributed by atoms with E-state index >= 15 is 0 Å². The summed E-state index contributed by atoms with van der Waals surface area (Å²) in [6.45, 7) is 2.44. The van der Waals surface area contributed by atoms with Crippen LogP contribution in [-0.4, -0.2) is 20.7 Å². The van der Waals surface area contributed by atoms with Gasteiger partial charge < -0.3 is 14.8 Å². The van der Waals surface area contributed by atoms with Gasteiger partial charge in [0.05, 0.1) is 27.8 Å². The normalized spacial score (nSPS) is 11.3. The van der Waals surface area contributed by atoms with E-state index in [2.05, 4.69) is 0 Å². The summed E-state index contributed by atoms with van der Waals surface area (Å²) in [4.78, 5) is 12.2. The zero-order valence-electron chi connectivity index (χ0n) is 12.1. The van der Waals surface area contributed by atoms with Gasteiger partial charge in [0.1, 0.15) is 5.75 Å². The van der Waals surface area contributed by atoms with Crippen molar-refractivity contribution in [2.24, 2.45) is 0 Å². The fourth-order valence-corrected chi connectivity index (χ4v) is 3.96. The molecule has 0 spiro atoms. The predicted octanol–water partition coefficient (Wildman–Crippen LogP) is 4.70. The molecule has 3 rings (SSSR count). The smallest absolute Gasteiger partial charge is 0.307 e. The highest BCUT2D eigenvalue weighted by Gasteiger charge is 2.18. The van der Waals surface area contributed by atoms with Crippen LogP contribution in [0.3, 0.4) is 0 Å². The molecule has 3 aromatic rings. The number of fused-ring (bicyclic) bond motifs is 1. The molecule has 0 amide bonds. The van der Waals surface area contributed by atoms with E-state index in [-0.39, 0.29) is 17.2 Å². The van der Waals surface area contributed by atoms with Crippen molar-refractivity contribution in [3.05, 3.63) is 49.8 Å². The standard InChI is InChI=1S/C16H13Cl2NO3S/c1-8-10(5-16(21)22)11-4-14(20)12(17)6-13(11)19(8)7-9-2-3-15(18)23-9/h2-4,6,20H,5,7H2,1H3,(H,21,22). The third-order valence-electron chi connectivity index (χ3n) is 3.79. The Labute approximate surface area is 146 Å². The van der Waals surface area contributed by atoms with Gasteiger partial charge in [-0.05, 0) is 36.8 Å². The van der Waals surface area contributed by atoms with E-state index in [4.69, 9.17) is 28.3 Å². The number of nitrogens with zero attached hydrogens (tertiary/aromatic N) is 1. The molecular formula is C16H13Cl2NO3S. The Morgan fingerprint density at radius 2 is 2.04 bits per heavy atom. The zero-order chi connectivity index (χ0) is 16.7. The number of aromatic nitrogens is 1. The first-order valence-corrected chi connectivity index (χ1v) is 8.40. The minimum atomic E-state index is -0.916. The van der Waals surface area contributed by atoms with Gasteiger partial charge in [-0.3, -0.25) is 4.79 Å². The van der Waals surface area contributed by atoms with E-state index in [0.717, 1.165) is 16.1 Å². The van der Waals surface area contributed by atoms with Gasteiger partial charge in [-0.1, -0.05) is 23.2 Å². The van der Waals surface area contributed by atoms with Crippen molar-refractivity contribution in [1.82, 2.24) is 4.57 Å². The molecule has 0 fully saturated rings.